The predicted octanol–water partition coefficient (Wildman–Crippen LogP) is 3.16. The molecule has 0 amide bonds. The van der Waals surface area contributed by atoms with Crippen LogP contribution in [0.2, 0.25) is 5.02 Å². The summed E-state index contributed by atoms with van der Waals surface area (Å²) in [5.41, 5.74) is 7.73. The van der Waals surface area contributed by atoms with Crippen LogP contribution in [0.15, 0.2) is 18.2 Å². The topological polar surface area (TPSA) is 69.6 Å². The molecule has 2 N–H and O–H groups in total. The fourth-order valence-electron chi connectivity index (χ4n) is 2.78. The lowest BCUT2D eigenvalue weighted by molar-refractivity contribution is 0.365. The molecular weight excluding hydrogens is 274 g/mol. The minimum absolute atomic E-state index is 0.370. The number of hydrogen-bond acceptors (Lipinski definition) is 4. The second kappa shape index (κ2) is 5.05. The molecule has 0 unspecified atom stereocenters. The molecule has 20 heavy (non-hydrogen) atoms. The van der Waals surface area contributed by atoms with Gasteiger partial charge in [-0.2, -0.15) is 0 Å². The van der Waals surface area contributed by atoms with E-state index in [1.54, 1.807) is 0 Å². The highest BCUT2D eigenvalue weighted by atomic mass is 35.5. The zero-order valence-electron chi connectivity index (χ0n) is 11.5. The van der Waals surface area contributed by atoms with Gasteiger partial charge in [0.1, 0.15) is 0 Å². The summed E-state index contributed by atoms with van der Waals surface area (Å²) in [6.07, 6.45) is 4.90. The van der Waals surface area contributed by atoms with Gasteiger partial charge in [-0.05, 0) is 47.2 Å². The van der Waals surface area contributed by atoms with Crippen LogP contribution in [0.1, 0.15) is 32.6 Å². The summed E-state index contributed by atoms with van der Waals surface area (Å²) in [6, 6.07) is 5.46. The molecule has 0 spiro atoms. The van der Waals surface area contributed by atoms with Crippen LogP contribution in [0.5, 0.6) is 0 Å². The predicted molar refractivity (Wildman–Crippen MR) is 79.3 cm³/mol. The monoisotopic (exact) mass is 291 g/mol. The number of nitrogens with two attached hydrogens (primary N) is 1. The lowest BCUT2D eigenvalue weighted by Crippen LogP contribution is -2.14. The standard InChI is InChI=1S/C14H18ClN5/c1-2-6-14(7-8-14)9-20-13(17-18-19-20)12-10(15)4-3-5-11(12)16/h3-5H,2,6-9,16H2,1H3. The van der Waals surface area contributed by atoms with Crippen molar-refractivity contribution in [1.82, 2.24) is 20.2 Å². The van der Waals surface area contributed by atoms with E-state index in [0.717, 1.165) is 12.1 Å². The molecule has 6 heteroatoms. The van der Waals surface area contributed by atoms with E-state index in [0.29, 0.717) is 21.9 Å². The van der Waals surface area contributed by atoms with Crippen molar-refractivity contribution >= 4 is 17.3 Å². The maximum atomic E-state index is 6.25. The number of halogens is 1. The highest BCUT2D eigenvalue weighted by molar-refractivity contribution is 6.33. The van der Waals surface area contributed by atoms with Gasteiger partial charge in [-0.3, -0.25) is 0 Å². The lowest BCUT2D eigenvalue weighted by Gasteiger charge is -2.15. The molecule has 2 aromatic rings. The van der Waals surface area contributed by atoms with Crippen LogP contribution in [0.4, 0.5) is 5.69 Å². The van der Waals surface area contributed by atoms with Crippen LogP contribution >= 0.6 is 11.6 Å². The van der Waals surface area contributed by atoms with Gasteiger partial charge in [0.05, 0.1) is 17.1 Å². The Balaban J connectivity index is 1.95. The van der Waals surface area contributed by atoms with E-state index in [2.05, 4.69) is 22.4 Å². The van der Waals surface area contributed by atoms with Crippen LogP contribution in [-0.2, 0) is 6.54 Å². The first-order valence-corrected chi connectivity index (χ1v) is 7.33. The van der Waals surface area contributed by atoms with Crippen LogP contribution in [0.25, 0.3) is 11.4 Å². The fourth-order valence-corrected chi connectivity index (χ4v) is 3.05. The van der Waals surface area contributed by atoms with Gasteiger partial charge in [0, 0.05) is 5.69 Å². The Morgan fingerprint density at radius 1 is 1.40 bits per heavy atom. The van der Waals surface area contributed by atoms with E-state index in [1.807, 2.05) is 22.9 Å². The van der Waals surface area contributed by atoms with Gasteiger partial charge in [0.25, 0.3) is 0 Å². The number of nitrogen functional groups attached to an aromatic ring is 1. The second-order valence-corrected chi connectivity index (χ2v) is 6.02. The SMILES string of the molecule is CCCC1(Cn2nnnc2-c2c(N)cccc2Cl)CC1. The average Bonchev–Trinajstić information content (AvgIpc) is 3.01. The van der Waals surface area contributed by atoms with Crippen LogP contribution < -0.4 is 5.73 Å². The van der Waals surface area contributed by atoms with Gasteiger partial charge in [-0.25, -0.2) is 4.68 Å². The first-order valence-electron chi connectivity index (χ1n) is 6.96. The normalized spacial score (nSPS) is 16.3. The van der Waals surface area contributed by atoms with Crippen molar-refractivity contribution in [2.75, 3.05) is 5.73 Å². The summed E-state index contributed by atoms with van der Waals surface area (Å²) in [4.78, 5) is 0. The van der Waals surface area contributed by atoms with E-state index < -0.39 is 0 Å². The molecule has 0 aliphatic heterocycles. The molecule has 0 saturated heterocycles. The average molecular weight is 292 g/mol. The maximum Gasteiger partial charge on any atom is 0.185 e. The van der Waals surface area contributed by atoms with Gasteiger partial charge in [-0.1, -0.05) is 31.0 Å². The Hall–Kier alpha value is -1.62. The molecule has 1 aliphatic rings. The van der Waals surface area contributed by atoms with Crippen LogP contribution in [-0.4, -0.2) is 20.2 Å². The van der Waals surface area contributed by atoms with E-state index in [-0.39, 0.29) is 0 Å². The van der Waals surface area contributed by atoms with Gasteiger partial charge < -0.3 is 5.73 Å². The minimum Gasteiger partial charge on any atom is -0.398 e. The summed E-state index contributed by atoms with van der Waals surface area (Å²) >= 11 is 6.25. The molecule has 106 valence electrons. The van der Waals surface area contributed by atoms with E-state index in [4.69, 9.17) is 17.3 Å². The van der Waals surface area contributed by atoms with Crippen molar-refractivity contribution in [2.45, 2.75) is 39.2 Å². The number of anilines is 1. The third-order valence-corrected chi connectivity index (χ3v) is 4.34. The number of benzene rings is 1. The molecule has 1 aromatic carbocycles. The van der Waals surface area contributed by atoms with Crippen molar-refractivity contribution in [2.24, 2.45) is 5.41 Å². The third-order valence-electron chi connectivity index (χ3n) is 4.02. The quantitative estimate of drug-likeness (QED) is 0.859. The Morgan fingerprint density at radius 3 is 2.85 bits per heavy atom. The minimum atomic E-state index is 0.370. The molecule has 0 atom stereocenters. The highest BCUT2D eigenvalue weighted by Crippen LogP contribution is 2.51. The summed E-state index contributed by atoms with van der Waals surface area (Å²) in [5, 5.41) is 12.6. The van der Waals surface area contributed by atoms with Gasteiger partial charge in [0.2, 0.25) is 0 Å². The van der Waals surface area contributed by atoms with Crippen molar-refractivity contribution in [3.05, 3.63) is 23.2 Å². The number of aromatic nitrogens is 4. The smallest absolute Gasteiger partial charge is 0.185 e. The Kier molecular flexibility index (Phi) is 3.38. The van der Waals surface area contributed by atoms with Crippen LogP contribution in [0, 0.1) is 5.41 Å². The van der Waals surface area contributed by atoms with Crippen molar-refractivity contribution < 1.29 is 0 Å². The molecule has 5 nitrogen and oxygen atoms in total. The molecule has 3 rings (SSSR count). The number of rotatable bonds is 5. The molecule has 1 heterocycles. The Morgan fingerprint density at radius 2 is 2.20 bits per heavy atom. The van der Waals surface area contributed by atoms with Crippen molar-refractivity contribution in [1.29, 1.82) is 0 Å². The summed E-state index contributed by atoms with van der Waals surface area (Å²) < 4.78 is 1.85. The van der Waals surface area contributed by atoms with E-state index >= 15 is 0 Å². The summed E-state index contributed by atoms with van der Waals surface area (Å²) in [5.74, 6) is 0.662. The molecule has 0 bridgehead atoms. The lowest BCUT2D eigenvalue weighted by atomic mass is 10.0. The zero-order chi connectivity index (χ0) is 14.2. The second-order valence-electron chi connectivity index (χ2n) is 5.61. The third kappa shape index (κ3) is 2.38. The number of hydrogen-bond donors (Lipinski definition) is 1. The highest BCUT2D eigenvalue weighted by Gasteiger charge is 2.42. The molecular formula is C14H18ClN5. The maximum absolute atomic E-state index is 6.25. The van der Waals surface area contributed by atoms with E-state index in [9.17, 15) is 0 Å². The molecule has 0 radical (unpaired) electrons. The zero-order valence-corrected chi connectivity index (χ0v) is 12.3. The first kappa shape index (κ1) is 13.4. The van der Waals surface area contributed by atoms with E-state index in [1.165, 1.54) is 25.7 Å². The largest absolute Gasteiger partial charge is 0.398 e. The van der Waals surface area contributed by atoms with Crippen molar-refractivity contribution in [3.8, 4) is 11.4 Å². The molecule has 1 fully saturated rings. The molecule has 1 aliphatic carbocycles. The Labute approximate surface area is 123 Å². The number of nitrogens with zero attached hydrogens (tertiary/aromatic N) is 4. The van der Waals surface area contributed by atoms with Gasteiger partial charge in [-0.15, -0.1) is 5.10 Å². The van der Waals surface area contributed by atoms with Crippen molar-refractivity contribution in [3.63, 3.8) is 0 Å². The fraction of sp³-hybridized carbons (Fsp3) is 0.500. The van der Waals surface area contributed by atoms with Crippen LogP contribution in [0.3, 0.4) is 0 Å². The number of tetrazole rings is 1. The molecule has 1 saturated carbocycles. The van der Waals surface area contributed by atoms with Gasteiger partial charge in [0.15, 0.2) is 5.82 Å². The summed E-state index contributed by atoms with van der Waals surface area (Å²) in [7, 11) is 0. The first-order chi connectivity index (χ1) is 9.65. The van der Waals surface area contributed by atoms with Gasteiger partial charge >= 0.3 is 0 Å². The molecule has 1 aromatic heterocycles. The Bertz CT molecular complexity index is 598. The summed E-state index contributed by atoms with van der Waals surface area (Å²) in [6.45, 7) is 3.06.